The van der Waals surface area contributed by atoms with Gasteiger partial charge in [-0.1, -0.05) is 13.3 Å². The zero-order valence-electron chi connectivity index (χ0n) is 9.05. The zero-order chi connectivity index (χ0) is 10.2. The molecule has 0 bridgehead atoms. The number of hydrogen-bond acceptors (Lipinski definition) is 3. The predicted molar refractivity (Wildman–Crippen MR) is 56.9 cm³/mol. The highest BCUT2D eigenvalue weighted by Crippen LogP contribution is 2.53. The van der Waals surface area contributed by atoms with Crippen molar-refractivity contribution in [2.75, 3.05) is 19.6 Å². The van der Waals surface area contributed by atoms with Crippen molar-refractivity contribution in [3.05, 3.63) is 0 Å². The van der Waals surface area contributed by atoms with Crippen LogP contribution in [0.4, 0.5) is 0 Å². The van der Waals surface area contributed by atoms with Gasteiger partial charge in [-0.2, -0.15) is 0 Å². The van der Waals surface area contributed by atoms with E-state index in [-0.39, 0.29) is 5.41 Å². The van der Waals surface area contributed by atoms with Crippen LogP contribution < -0.4 is 11.1 Å². The molecular weight excluding hydrogens is 176 g/mol. The maximum Gasteiger partial charge on any atom is 0.0765 e. The van der Waals surface area contributed by atoms with Crippen molar-refractivity contribution < 1.29 is 5.11 Å². The van der Waals surface area contributed by atoms with Gasteiger partial charge >= 0.3 is 0 Å². The van der Waals surface area contributed by atoms with Gasteiger partial charge in [0.15, 0.2) is 0 Å². The van der Waals surface area contributed by atoms with Gasteiger partial charge in [-0.3, -0.25) is 0 Å². The topological polar surface area (TPSA) is 58.3 Å². The molecule has 1 aliphatic heterocycles. The Morgan fingerprint density at radius 1 is 1.43 bits per heavy atom. The molecule has 2 aliphatic rings. The minimum atomic E-state index is -0.509. The molecule has 3 heteroatoms. The van der Waals surface area contributed by atoms with Gasteiger partial charge < -0.3 is 16.2 Å². The van der Waals surface area contributed by atoms with E-state index in [4.69, 9.17) is 5.73 Å². The van der Waals surface area contributed by atoms with Crippen LogP contribution in [0.1, 0.15) is 32.6 Å². The lowest BCUT2D eigenvalue weighted by atomic mass is 9.53. The summed E-state index contributed by atoms with van der Waals surface area (Å²) in [5, 5.41) is 14.1. The molecule has 0 radical (unpaired) electrons. The summed E-state index contributed by atoms with van der Waals surface area (Å²) in [5.41, 5.74) is 5.39. The lowest BCUT2D eigenvalue weighted by Crippen LogP contribution is -2.64. The Kier molecular flexibility index (Phi) is 2.58. The van der Waals surface area contributed by atoms with Crippen LogP contribution in [-0.2, 0) is 0 Å². The maximum atomic E-state index is 10.8. The first-order chi connectivity index (χ1) is 6.65. The van der Waals surface area contributed by atoms with E-state index in [1.54, 1.807) is 0 Å². The molecule has 4 N–H and O–H groups in total. The molecule has 0 aromatic carbocycles. The van der Waals surface area contributed by atoms with Crippen LogP contribution >= 0.6 is 0 Å². The SMILES string of the molecule is CC1CNCCC1(O)C1(CN)CCC1. The molecule has 2 rings (SSSR count). The second-order valence-electron chi connectivity index (χ2n) is 5.12. The van der Waals surface area contributed by atoms with Gasteiger partial charge in [-0.25, -0.2) is 0 Å². The number of piperidine rings is 1. The van der Waals surface area contributed by atoms with Crippen molar-refractivity contribution in [2.24, 2.45) is 17.1 Å². The maximum absolute atomic E-state index is 10.8. The summed E-state index contributed by atoms with van der Waals surface area (Å²) < 4.78 is 0. The van der Waals surface area contributed by atoms with Gasteiger partial charge in [0.2, 0.25) is 0 Å². The Balaban J connectivity index is 2.19. The molecule has 2 atom stereocenters. The number of hydrogen-bond donors (Lipinski definition) is 3. The van der Waals surface area contributed by atoms with Crippen LogP contribution in [0.2, 0.25) is 0 Å². The Hall–Kier alpha value is -0.120. The molecule has 1 saturated heterocycles. The largest absolute Gasteiger partial charge is 0.389 e. The normalized spacial score (nSPS) is 41.8. The van der Waals surface area contributed by atoms with Crippen molar-refractivity contribution in [2.45, 2.75) is 38.2 Å². The summed E-state index contributed by atoms with van der Waals surface area (Å²) in [6.45, 7) is 4.65. The summed E-state index contributed by atoms with van der Waals surface area (Å²) >= 11 is 0. The van der Waals surface area contributed by atoms with E-state index in [0.29, 0.717) is 12.5 Å². The van der Waals surface area contributed by atoms with Crippen molar-refractivity contribution in [3.8, 4) is 0 Å². The molecule has 1 saturated carbocycles. The van der Waals surface area contributed by atoms with Gasteiger partial charge in [0.05, 0.1) is 5.60 Å². The van der Waals surface area contributed by atoms with Crippen LogP contribution in [-0.4, -0.2) is 30.3 Å². The number of nitrogens with one attached hydrogen (secondary N) is 1. The molecule has 3 nitrogen and oxygen atoms in total. The van der Waals surface area contributed by atoms with E-state index in [1.165, 1.54) is 6.42 Å². The standard InChI is InChI=1S/C11H22N2O/c1-9-7-13-6-5-11(9,14)10(8-12)3-2-4-10/h9,13-14H,2-8,12H2,1H3. The molecule has 1 heterocycles. The van der Waals surface area contributed by atoms with Crippen LogP contribution in [0.5, 0.6) is 0 Å². The average Bonchev–Trinajstić information content (AvgIpc) is 2.09. The third-order valence-corrected chi connectivity index (χ3v) is 4.57. The van der Waals surface area contributed by atoms with Crippen LogP contribution in [0.15, 0.2) is 0 Å². The summed E-state index contributed by atoms with van der Waals surface area (Å²) in [4.78, 5) is 0. The highest BCUT2D eigenvalue weighted by molar-refractivity contribution is 5.08. The molecule has 14 heavy (non-hydrogen) atoms. The second kappa shape index (κ2) is 3.47. The Morgan fingerprint density at radius 3 is 2.57 bits per heavy atom. The van der Waals surface area contributed by atoms with E-state index >= 15 is 0 Å². The quantitative estimate of drug-likeness (QED) is 0.605. The molecule has 0 aromatic heterocycles. The van der Waals surface area contributed by atoms with Gasteiger partial charge in [-0.15, -0.1) is 0 Å². The fraction of sp³-hybridized carbons (Fsp3) is 1.00. The van der Waals surface area contributed by atoms with Gasteiger partial charge in [0, 0.05) is 18.5 Å². The molecule has 0 amide bonds. The monoisotopic (exact) mass is 198 g/mol. The lowest BCUT2D eigenvalue weighted by Gasteiger charge is -2.57. The minimum absolute atomic E-state index is 0.0362. The smallest absolute Gasteiger partial charge is 0.0765 e. The Morgan fingerprint density at radius 2 is 2.14 bits per heavy atom. The number of rotatable bonds is 2. The van der Waals surface area contributed by atoms with Crippen molar-refractivity contribution >= 4 is 0 Å². The highest BCUT2D eigenvalue weighted by atomic mass is 16.3. The first kappa shape index (κ1) is 10.4. The predicted octanol–water partition coefficient (Wildman–Crippen LogP) is 0.476. The van der Waals surface area contributed by atoms with Crippen LogP contribution in [0.3, 0.4) is 0 Å². The molecule has 82 valence electrons. The molecule has 2 unspecified atom stereocenters. The fourth-order valence-corrected chi connectivity index (χ4v) is 3.22. The fourth-order valence-electron chi connectivity index (χ4n) is 3.22. The van der Waals surface area contributed by atoms with Crippen molar-refractivity contribution in [3.63, 3.8) is 0 Å². The second-order valence-corrected chi connectivity index (χ2v) is 5.12. The van der Waals surface area contributed by atoms with Crippen LogP contribution in [0, 0.1) is 11.3 Å². The van der Waals surface area contributed by atoms with Gasteiger partial charge in [0.25, 0.3) is 0 Å². The molecular formula is C11H22N2O. The first-order valence-corrected chi connectivity index (χ1v) is 5.78. The summed E-state index contributed by atoms with van der Waals surface area (Å²) in [5.74, 6) is 0.333. The Bertz CT molecular complexity index is 210. The summed E-state index contributed by atoms with van der Waals surface area (Å²) in [6, 6.07) is 0. The number of nitrogens with two attached hydrogens (primary N) is 1. The minimum Gasteiger partial charge on any atom is -0.389 e. The van der Waals surface area contributed by atoms with E-state index in [0.717, 1.165) is 32.4 Å². The van der Waals surface area contributed by atoms with Crippen molar-refractivity contribution in [1.29, 1.82) is 0 Å². The molecule has 1 aliphatic carbocycles. The van der Waals surface area contributed by atoms with Gasteiger partial charge in [-0.05, 0) is 31.7 Å². The van der Waals surface area contributed by atoms with E-state index in [2.05, 4.69) is 12.2 Å². The van der Waals surface area contributed by atoms with E-state index in [9.17, 15) is 5.11 Å². The number of aliphatic hydroxyl groups is 1. The highest BCUT2D eigenvalue weighted by Gasteiger charge is 2.55. The molecule has 0 aromatic rings. The summed E-state index contributed by atoms with van der Waals surface area (Å²) in [6.07, 6.45) is 4.33. The lowest BCUT2D eigenvalue weighted by molar-refractivity contribution is -0.167. The third-order valence-electron chi connectivity index (χ3n) is 4.57. The average molecular weight is 198 g/mol. The summed E-state index contributed by atoms with van der Waals surface area (Å²) in [7, 11) is 0. The third kappa shape index (κ3) is 1.23. The molecule has 0 spiro atoms. The Labute approximate surface area is 86.1 Å². The van der Waals surface area contributed by atoms with Crippen LogP contribution in [0.25, 0.3) is 0 Å². The van der Waals surface area contributed by atoms with Crippen molar-refractivity contribution in [1.82, 2.24) is 5.32 Å². The van der Waals surface area contributed by atoms with Gasteiger partial charge in [0.1, 0.15) is 0 Å². The molecule has 2 fully saturated rings. The zero-order valence-corrected chi connectivity index (χ0v) is 9.05. The first-order valence-electron chi connectivity index (χ1n) is 5.78. The van der Waals surface area contributed by atoms with E-state index < -0.39 is 5.60 Å². The van der Waals surface area contributed by atoms with E-state index in [1.807, 2.05) is 0 Å².